The summed E-state index contributed by atoms with van der Waals surface area (Å²) in [7, 11) is 1.75. The fourth-order valence-electron chi connectivity index (χ4n) is 3.15. The van der Waals surface area contributed by atoms with Crippen LogP contribution in [0.4, 0.5) is 0 Å². The first-order valence-corrected chi connectivity index (χ1v) is 6.36. The van der Waals surface area contributed by atoms with Crippen LogP contribution in [0.5, 0.6) is 5.75 Å². The van der Waals surface area contributed by atoms with Crippen molar-refractivity contribution < 1.29 is 4.74 Å². The van der Waals surface area contributed by atoms with Gasteiger partial charge in [-0.2, -0.15) is 0 Å². The fourth-order valence-corrected chi connectivity index (χ4v) is 3.15. The highest BCUT2D eigenvalue weighted by Gasteiger charge is 2.36. The number of methoxy groups -OCH3 is 1. The van der Waals surface area contributed by atoms with Crippen molar-refractivity contribution in [2.75, 3.05) is 7.11 Å². The monoisotopic (exact) mass is 233 g/mol. The van der Waals surface area contributed by atoms with E-state index in [4.69, 9.17) is 10.5 Å². The van der Waals surface area contributed by atoms with E-state index in [1.54, 1.807) is 7.11 Å². The Bertz CT molecular complexity index is 406. The molecular weight excluding hydrogens is 210 g/mol. The normalized spacial score (nSPS) is 24.3. The zero-order valence-corrected chi connectivity index (χ0v) is 11.3. The van der Waals surface area contributed by atoms with Crippen molar-refractivity contribution >= 4 is 0 Å². The molecule has 0 bridgehead atoms. The summed E-state index contributed by atoms with van der Waals surface area (Å²) in [5.74, 6) is 1.44. The molecule has 94 valence electrons. The topological polar surface area (TPSA) is 35.2 Å². The van der Waals surface area contributed by atoms with Crippen molar-refractivity contribution in [3.05, 3.63) is 29.3 Å². The molecule has 1 aliphatic carbocycles. The van der Waals surface area contributed by atoms with Gasteiger partial charge in [-0.25, -0.2) is 0 Å². The molecule has 1 aromatic carbocycles. The van der Waals surface area contributed by atoms with Gasteiger partial charge >= 0.3 is 0 Å². The van der Waals surface area contributed by atoms with Gasteiger partial charge < -0.3 is 10.5 Å². The van der Waals surface area contributed by atoms with Gasteiger partial charge in [-0.15, -0.1) is 0 Å². The van der Waals surface area contributed by atoms with E-state index < -0.39 is 0 Å². The molecule has 0 saturated heterocycles. The molecule has 17 heavy (non-hydrogen) atoms. The lowest BCUT2D eigenvalue weighted by molar-refractivity contribution is 0.258. The van der Waals surface area contributed by atoms with Gasteiger partial charge in [0, 0.05) is 12.0 Å². The van der Waals surface area contributed by atoms with Crippen molar-refractivity contribution in [1.29, 1.82) is 0 Å². The van der Waals surface area contributed by atoms with Crippen LogP contribution in [0.15, 0.2) is 18.2 Å². The predicted octanol–water partition coefficient (Wildman–Crippen LogP) is 3.10. The van der Waals surface area contributed by atoms with Crippen LogP contribution in [0.3, 0.4) is 0 Å². The Labute approximate surface area is 104 Å². The zero-order chi connectivity index (χ0) is 12.6. The van der Waals surface area contributed by atoms with E-state index in [9.17, 15) is 0 Å². The number of hydrogen-bond donors (Lipinski definition) is 1. The molecule has 0 saturated carbocycles. The summed E-state index contributed by atoms with van der Waals surface area (Å²) in [6.07, 6.45) is 2.09. The fraction of sp³-hybridized carbons (Fsp3) is 0.600. The van der Waals surface area contributed by atoms with Crippen molar-refractivity contribution in [2.24, 2.45) is 11.1 Å². The molecule has 0 spiro atoms. The first kappa shape index (κ1) is 12.4. The third-order valence-corrected chi connectivity index (χ3v) is 3.81. The Hall–Kier alpha value is -1.02. The number of hydrogen-bond acceptors (Lipinski definition) is 2. The van der Waals surface area contributed by atoms with Crippen LogP contribution < -0.4 is 10.5 Å². The maximum atomic E-state index is 6.33. The number of ether oxygens (including phenoxy) is 1. The number of nitrogens with two attached hydrogens (primary N) is 1. The molecule has 2 rings (SSSR count). The summed E-state index contributed by atoms with van der Waals surface area (Å²) in [4.78, 5) is 0. The second kappa shape index (κ2) is 4.34. The molecule has 1 aliphatic rings. The minimum Gasteiger partial charge on any atom is -0.496 e. The quantitative estimate of drug-likeness (QED) is 0.809. The van der Waals surface area contributed by atoms with Crippen LogP contribution in [0.2, 0.25) is 0 Å². The first-order valence-electron chi connectivity index (χ1n) is 6.36. The van der Waals surface area contributed by atoms with Crippen molar-refractivity contribution in [2.45, 2.75) is 45.6 Å². The molecule has 0 radical (unpaired) electrons. The van der Waals surface area contributed by atoms with Crippen LogP contribution in [-0.2, 0) is 6.42 Å². The van der Waals surface area contributed by atoms with Gasteiger partial charge in [0.15, 0.2) is 0 Å². The predicted molar refractivity (Wildman–Crippen MR) is 71.5 cm³/mol. The standard InChI is InChI=1S/C15H23NO/c1-15(2,3)14-11-6-5-7-13(17-4)10(11)8-9-12(14)16/h5-7,12,14H,8-9,16H2,1-4H3. The average molecular weight is 233 g/mol. The zero-order valence-electron chi connectivity index (χ0n) is 11.3. The van der Waals surface area contributed by atoms with Gasteiger partial charge in [0.2, 0.25) is 0 Å². The average Bonchev–Trinajstić information content (AvgIpc) is 2.25. The molecular formula is C15H23NO. The van der Waals surface area contributed by atoms with Gasteiger partial charge in [-0.05, 0) is 35.4 Å². The maximum absolute atomic E-state index is 6.33. The Kier molecular flexibility index (Phi) is 3.17. The largest absolute Gasteiger partial charge is 0.496 e. The molecule has 2 nitrogen and oxygen atoms in total. The lowest BCUT2D eigenvalue weighted by atomic mass is 9.67. The van der Waals surface area contributed by atoms with E-state index in [2.05, 4.69) is 39.0 Å². The number of rotatable bonds is 1. The highest BCUT2D eigenvalue weighted by atomic mass is 16.5. The van der Waals surface area contributed by atoms with Gasteiger partial charge in [0.05, 0.1) is 7.11 Å². The lowest BCUT2D eigenvalue weighted by Crippen LogP contribution is -2.40. The molecule has 0 aliphatic heterocycles. The minimum absolute atomic E-state index is 0.195. The highest BCUT2D eigenvalue weighted by molar-refractivity contribution is 5.45. The summed E-state index contributed by atoms with van der Waals surface area (Å²) < 4.78 is 5.47. The van der Waals surface area contributed by atoms with E-state index in [-0.39, 0.29) is 11.5 Å². The highest BCUT2D eigenvalue weighted by Crippen LogP contribution is 2.45. The second-order valence-electron chi connectivity index (χ2n) is 6.07. The summed E-state index contributed by atoms with van der Waals surface area (Å²) in [5, 5.41) is 0. The van der Waals surface area contributed by atoms with Crippen LogP contribution >= 0.6 is 0 Å². The Morgan fingerprint density at radius 2 is 2.00 bits per heavy atom. The second-order valence-corrected chi connectivity index (χ2v) is 6.07. The lowest BCUT2D eigenvalue weighted by Gasteiger charge is -2.40. The number of benzene rings is 1. The molecule has 0 amide bonds. The van der Waals surface area contributed by atoms with Gasteiger partial charge in [0.1, 0.15) is 5.75 Å². The Balaban J connectivity index is 2.52. The first-order chi connectivity index (χ1) is 7.95. The molecule has 2 N–H and O–H groups in total. The van der Waals surface area contributed by atoms with Crippen LogP contribution in [0.1, 0.15) is 44.2 Å². The summed E-state index contributed by atoms with van der Waals surface area (Å²) in [5.41, 5.74) is 9.27. The summed E-state index contributed by atoms with van der Waals surface area (Å²) >= 11 is 0. The van der Waals surface area contributed by atoms with E-state index in [0.717, 1.165) is 18.6 Å². The van der Waals surface area contributed by atoms with Gasteiger partial charge in [0.25, 0.3) is 0 Å². The number of fused-ring (bicyclic) bond motifs is 1. The van der Waals surface area contributed by atoms with Gasteiger partial charge in [-0.1, -0.05) is 32.9 Å². The third kappa shape index (κ3) is 2.19. The minimum atomic E-state index is 0.195. The van der Waals surface area contributed by atoms with Crippen molar-refractivity contribution in [3.8, 4) is 5.75 Å². The van der Waals surface area contributed by atoms with Crippen LogP contribution in [0.25, 0.3) is 0 Å². The SMILES string of the molecule is COc1cccc2c1CCC(N)C2C(C)(C)C. The Morgan fingerprint density at radius 3 is 2.59 bits per heavy atom. The third-order valence-electron chi connectivity index (χ3n) is 3.81. The molecule has 2 unspecified atom stereocenters. The summed E-state index contributed by atoms with van der Waals surface area (Å²) in [6.45, 7) is 6.81. The van der Waals surface area contributed by atoms with E-state index in [0.29, 0.717) is 5.92 Å². The molecule has 0 heterocycles. The maximum Gasteiger partial charge on any atom is 0.122 e. The van der Waals surface area contributed by atoms with E-state index in [1.807, 2.05) is 0 Å². The summed E-state index contributed by atoms with van der Waals surface area (Å²) in [6, 6.07) is 6.60. The van der Waals surface area contributed by atoms with E-state index >= 15 is 0 Å². The van der Waals surface area contributed by atoms with Gasteiger partial charge in [-0.3, -0.25) is 0 Å². The molecule has 1 aromatic rings. The van der Waals surface area contributed by atoms with Crippen LogP contribution in [0, 0.1) is 5.41 Å². The molecule has 2 atom stereocenters. The van der Waals surface area contributed by atoms with Crippen molar-refractivity contribution in [3.63, 3.8) is 0 Å². The smallest absolute Gasteiger partial charge is 0.122 e. The van der Waals surface area contributed by atoms with E-state index in [1.165, 1.54) is 11.1 Å². The molecule has 2 heteroatoms. The molecule has 0 fully saturated rings. The van der Waals surface area contributed by atoms with Crippen LogP contribution in [-0.4, -0.2) is 13.2 Å². The van der Waals surface area contributed by atoms with Crippen molar-refractivity contribution in [1.82, 2.24) is 0 Å². The Morgan fingerprint density at radius 1 is 1.29 bits per heavy atom. The molecule has 0 aromatic heterocycles.